The molecule has 7 nitrogen and oxygen atoms in total. The van der Waals surface area contributed by atoms with Crippen molar-refractivity contribution < 1.29 is 4.79 Å². The van der Waals surface area contributed by atoms with Gasteiger partial charge in [-0.25, -0.2) is 9.97 Å². The highest BCUT2D eigenvalue weighted by atomic mass is 35.5. The smallest absolute Gasteiger partial charge is 0.225 e. The topological polar surface area (TPSA) is 110 Å². The molecule has 0 unspecified atom stereocenters. The Labute approximate surface area is 184 Å². The minimum absolute atomic E-state index is 0.133. The van der Waals surface area contributed by atoms with E-state index in [4.69, 9.17) is 34.7 Å². The zero-order chi connectivity index (χ0) is 21.0. The van der Waals surface area contributed by atoms with E-state index in [1.807, 2.05) is 6.07 Å². The van der Waals surface area contributed by atoms with Gasteiger partial charge in [-0.3, -0.25) is 4.79 Å². The number of amides is 1. The zero-order valence-corrected chi connectivity index (χ0v) is 18.4. The molecular formula is C19H24Cl2N6OS. The van der Waals surface area contributed by atoms with Gasteiger partial charge in [0.25, 0.3) is 0 Å². The van der Waals surface area contributed by atoms with Crippen molar-refractivity contribution in [3.63, 3.8) is 0 Å². The molecule has 2 aromatic rings. The van der Waals surface area contributed by atoms with E-state index in [0.29, 0.717) is 21.6 Å². The van der Waals surface area contributed by atoms with Gasteiger partial charge in [-0.05, 0) is 31.9 Å². The van der Waals surface area contributed by atoms with E-state index in [9.17, 15) is 4.79 Å². The number of halogens is 2. The number of hydrogen-bond donors (Lipinski definition) is 3. The van der Waals surface area contributed by atoms with Crippen molar-refractivity contribution in [1.82, 2.24) is 9.97 Å². The minimum Gasteiger partial charge on any atom is -0.381 e. The molecule has 10 heteroatoms. The van der Waals surface area contributed by atoms with Gasteiger partial charge in [-0.1, -0.05) is 29.4 Å². The van der Waals surface area contributed by atoms with Gasteiger partial charge in [-0.2, -0.15) is 0 Å². The molecule has 3 rings (SSSR count). The van der Waals surface area contributed by atoms with Crippen LogP contribution >= 0.6 is 35.0 Å². The maximum atomic E-state index is 11.8. The molecule has 1 aromatic heterocycles. The Balaban J connectivity index is 1.73. The summed E-state index contributed by atoms with van der Waals surface area (Å²) in [7, 11) is 0. The van der Waals surface area contributed by atoms with Crippen LogP contribution in [0.3, 0.4) is 0 Å². The molecule has 1 aliphatic heterocycles. The molecular weight excluding hydrogens is 431 g/mol. The first kappa shape index (κ1) is 22.0. The molecule has 1 aromatic carbocycles. The molecule has 29 heavy (non-hydrogen) atoms. The highest BCUT2D eigenvalue weighted by Crippen LogP contribution is 2.38. The molecule has 0 spiro atoms. The number of carbonyl (C=O) groups is 1. The number of alkyl halides is 1. The normalized spacial score (nSPS) is 15.9. The van der Waals surface area contributed by atoms with Crippen LogP contribution in [0.15, 0.2) is 34.3 Å². The van der Waals surface area contributed by atoms with E-state index >= 15 is 0 Å². The molecule has 5 N–H and O–H groups in total. The Morgan fingerprint density at radius 2 is 2.10 bits per heavy atom. The zero-order valence-electron chi connectivity index (χ0n) is 16.1. The molecule has 1 fully saturated rings. The van der Waals surface area contributed by atoms with Crippen LogP contribution in [-0.2, 0) is 4.79 Å². The van der Waals surface area contributed by atoms with Crippen LogP contribution in [0.4, 0.5) is 17.3 Å². The van der Waals surface area contributed by atoms with Crippen LogP contribution in [0.2, 0.25) is 5.02 Å². The summed E-state index contributed by atoms with van der Waals surface area (Å²) in [5.41, 5.74) is 12.7. The summed E-state index contributed by atoms with van der Waals surface area (Å²) in [6.45, 7) is 3.72. The molecule has 1 saturated heterocycles. The Hall–Kier alpha value is -1.74. The second-order valence-corrected chi connectivity index (χ2v) is 9.05. The fraction of sp³-hybridized carbons (Fsp3) is 0.421. The van der Waals surface area contributed by atoms with E-state index in [2.05, 4.69) is 27.1 Å². The molecule has 0 atom stereocenters. The number of hydrogen-bond acceptors (Lipinski definition) is 7. The number of nitrogens with one attached hydrogen (secondary N) is 1. The summed E-state index contributed by atoms with van der Waals surface area (Å²) in [4.78, 5) is 23.7. The maximum absolute atomic E-state index is 11.8. The lowest BCUT2D eigenvalue weighted by Crippen LogP contribution is -2.48. The van der Waals surface area contributed by atoms with Crippen molar-refractivity contribution in [2.24, 2.45) is 5.73 Å². The van der Waals surface area contributed by atoms with E-state index in [1.165, 1.54) is 11.8 Å². The number of carbonyl (C=O) groups excluding carboxylic acids is 1. The quantitative estimate of drug-likeness (QED) is 0.569. The average Bonchev–Trinajstić information content (AvgIpc) is 2.66. The lowest BCUT2D eigenvalue weighted by Gasteiger charge is -2.37. The summed E-state index contributed by atoms with van der Waals surface area (Å²) in [5.74, 6) is 1.14. The third-order valence-corrected chi connectivity index (χ3v) is 6.52. The number of nitrogens with zero attached hydrogens (tertiary/aromatic N) is 3. The highest BCUT2D eigenvalue weighted by Gasteiger charge is 2.27. The van der Waals surface area contributed by atoms with Gasteiger partial charge in [-0.15, -0.1) is 11.6 Å². The van der Waals surface area contributed by atoms with Gasteiger partial charge in [0.2, 0.25) is 5.91 Å². The van der Waals surface area contributed by atoms with Crippen molar-refractivity contribution in [2.75, 3.05) is 34.9 Å². The Morgan fingerprint density at radius 1 is 1.38 bits per heavy atom. The first-order valence-corrected chi connectivity index (χ1v) is 11.0. The summed E-state index contributed by atoms with van der Waals surface area (Å²) in [5, 5.41) is 3.73. The molecule has 1 amide bonds. The van der Waals surface area contributed by atoms with Crippen molar-refractivity contribution >= 4 is 58.2 Å². The maximum Gasteiger partial charge on any atom is 0.225 e. The highest BCUT2D eigenvalue weighted by molar-refractivity contribution is 7.99. The van der Waals surface area contributed by atoms with Crippen molar-refractivity contribution in [2.45, 2.75) is 41.6 Å². The second kappa shape index (κ2) is 9.38. The Kier molecular flexibility index (Phi) is 7.10. The number of benzene rings is 1. The third kappa shape index (κ3) is 5.66. The molecule has 0 saturated carbocycles. The van der Waals surface area contributed by atoms with Gasteiger partial charge in [0.1, 0.15) is 10.8 Å². The van der Waals surface area contributed by atoms with E-state index in [1.54, 1.807) is 18.3 Å². The Bertz CT molecular complexity index is 885. The number of aromatic nitrogens is 2. The molecule has 156 valence electrons. The van der Waals surface area contributed by atoms with Crippen LogP contribution in [0, 0.1) is 0 Å². The third-order valence-electron chi connectivity index (χ3n) is 4.75. The second-order valence-electron chi connectivity index (χ2n) is 7.27. The molecule has 0 aliphatic carbocycles. The van der Waals surface area contributed by atoms with Gasteiger partial charge >= 0.3 is 0 Å². The van der Waals surface area contributed by atoms with Crippen LogP contribution in [0.5, 0.6) is 0 Å². The van der Waals surface area contributed by atoms with E-state index in [0.717, 1.165) is 36.6 Å². The lowest BCUT2D eigenvalue weighted by molar-refractivity contribution is -0.115. The van der Waals surface area contributed by atoms with E-state index < -0.39 is 0 Å². The predicted octanol–water partition coefficient (Wildman–Crippen LogP) is 3.75. The van der Waals surface area contributed by atoms with Crippen molar-refractivity contribution in [3.8, 4) is 0 Å². The predicted molar refractivity (Wildman–Crippen MR) is 120 cm³/mol. The van der Waals surface area contributed by atoms with Gasteiger partial charge in [0, 0.05) is 35.8 Å². The number of anilines is 3. The SMILES string of the molecule is CC1(N)CCN(c2cnc(Sc3cccc(NC(=O)CCCl)c3Cl)c(N)n2)CC1. The number of nitrogen functional groups attached to an aromatic ring is 1. The lowest BCUT2D eigenvalue weighted by atomic mass is 9.91. The molecule has 0 radical (unpaired) electrons. The monoisotopic (exact) mass is 454 g/mol. The standard InChI is InChI=1S/C19H24Cl2N6OS/c1-19(23)6-9-27(10-7-19)14-11-24-18(17(22)26-14)29-13-4-2-3-12(16(13)21)25-15(28)5-8-20/h2-4,11H,5-10,23H2,1H3,(H2,22,26)(H,25,28). The fourth-order valence-corrected chi connectivity index (χ4v) is 4.22. The summed E-state index contributed by atoms with van der Waals surface area (Å²) in [6, 6.07) is 5.38. The molecule has 1 aliphatic rings. The van der Waals surface area contributed by atoms with Gasteiger partial charge < -0.3 is 21.7 Å². The summed E-state index contributed by atoms with van der Waals surface area (Å²) >= 11 is 13.4. The first-order chi connectivity index (χ1) is 13.8. The first-order valence-electron chi connectivity index (χ1n) is 9.27. The van der Waals surface area contributed by atoms with Crippen LogP contribution in [0.1, 0.15) is 26.2 Å². The summed E-state index contributed by atoms with van der Waals surface area (Å²) < 4.78 is 0. The fourth-order valence-electron chi connectivity index (χ4n) is 2.95. The number of rotatable bonds is 6. The Morgan fingerprint density at radius 3 is 2.76 bits per heavy atom. The minimum atomic E-state index is -0.192. The molecule has 2 heterocycles. The number of nitrogens with two attached hydrogens (primary N) is 2. The molecule has 0 bridgehead atoms. The average molecular weight is 455 g/mol. The van der Waals surface area contributed by atoms with Crippen LogP contribution < -0.4 is 21.7 Å². The van der Waals surface area contributed by atoms with Gasteiger partial charge in [0.05, 0.1) is 16.9 Å². The van der Waals surface area contributed by atoms with Crippen molar-refractivity contribution in [1.29, 1.82) is 0 Å². The number of piperidine rings is 1. The van der Waals surface area contributed by atoms with E-state index in [-0.39, 0.29) is 23.7 Å². The largest absolute Gasteiger partial charge is 0.381 e. The summed E-state index contributed by atoms with van der Waals surface area (Å²) in [6.07, 6.45) is 3.72. The van der Waals surface area contributed by atoms with Crippen LogP contribution in [0.25, 0.3) is 0 Å². The van der Waals surface area contributed by atoms with Gasteiger partial charge in [0.15, 0.2) is 5.82 Å². The van der Waals surface area contributed by atoms with Crippen LogP contribution in [-0.4, -0.2) is 40.4 Å². The van der Waals surface area contributed by atoms with Crippen molar-refractivity contribution in [3.05, 3.63) is 29.4 Å².